The minimum atomic E-state index is -1.31. The van der Waals surface area contributed by atoms with E-state index >= 15 is 0 Å². The van der Waals surface area contributed by atoms with Crippen LogP contribution in [0.5, 0.6) is 0 Å². The first-order valence-corrected chi connectivity index (χ1v) is 5.68. The number of benzene rings is 1. The molecule has 0 fully saturated rings. The first-order valence-electron chi connectivity index (χ1n) is 4.92. The zero-order chi connectivity index (χ0) is 13.2. The molecule has 0 saturated carbocycles. The molecule has 94 valence electrons. The number of tetrazole rings is 1. The molecule has 0 amide bonds. The van der Waals surface area contributed by atoms with Gasteiger partial charge in [-0.25, -0.2) is 4.79 Å². The van der Waals surface area contributed by atoms with Crippen LogP contribution in [0.25, 0.3) is 0 Å². The van der Waals surface area contributed by atoms with Gasteiger partial charge in [0.1, 0.15) is 6.33 Å². The van der Waals surface area contributed by atoms with Crippen molar-refractivity contribution >= 4 is 29.2 Å². The molecule has 1 aromatic carbocycles. The van der Waals surface area contributed by atoms with Crippen molar-refractivity contribution < 1.29 is 9.90 Å². The summed E-state index contributed by atoms with van der Waals surface area (Å²) in [6, 6.07) is 6.27. The van der Waals surface area contributed by atoms with Gasteiger partial charge in [-0.15, -0.1) is 5.10 Å². The van der Waals surface area contributed by atoms with Crippen molar-refractivity contribution in [3.05, 3.63) is 41.7 Å². The molecular weight excluding hydrogens is 279 g/mol. The van der Waals surface area contributed by atoms with Gasteiger partial charge in [0, 0.05) is 6.42 Å². The number of aromatic nitrogens is 4. The van der Waals surface area contributed by atoms with Crippen LogP contribution in [0.15, 0.2) is 30.6 Å². The van der Waals surface area contributed by atoms with Crippen molar-refractivity contribution in [1.29, 1.82) is 0 Å². The molecular formula is C10H8Cl2N4O2. The number of hydrogen-bond donors (Lipinski definition) is 1. The van der Waals surface area contributed by atoms with E-state index in [1.54, 1.807) is 12.1 Å². The number of carbonyl (C=O) groups is 1. The quantitative estimate of drug-likeness (QED) is 0.866. The first kappa shape index (κ1) is 12.8. The van der Waals surface area contributed by atoms with Gasteiger partial charge in [-0.05, 0) is 28.1 Å². The van der Waals surface area contributed by atoms with Crippen molar-refractivity contribution in [2.75, 3.05) is 0 Å². The van der Waals surface area contributed by atoms with Crippen LogP contribution >= 0.6 is 23.2 Å². The smallest absolute Gasteiger partial charge is 0.335 e. The third-order valence-corrected chi connectivity index (χ3v) is 2.92. The Balaban J connectivity index is 2.16. The van der Waals surface area contributed by atoms with Crippen LogP contribution in [0.4, 0.5) is 0 Å². The predicted molar refractivity (Wildman–Crippen MR) is 64.6 cm³/mol. The normalized spacial score (nSPS) is 11.4. The van der Waals surface area contributed by atoms with Gasteiger partial charge >= 0.3 is 5.97 Å². The topological polar surface area (TPSA) is 80.9 Å². The number of carboxylic acids is 1. The summed E-state index contributed by atoms with van der Waals surface area (Å²) in [5.74, 6) is -0.981. The fraction of sp³-hybridized carbons (Fsp3) is 0.200. The predicted octanol–water partition coefficient (Wildman–Crippen LogP) is 1.70. The average Bonchev–Trinajstić information content (AvgIpc) is 2.83. The number of nitrogens with zero attached hydrogens (tertiary/aromatic N) is 4. The third kappa shape index (κ3) is 2.77. The van der Waals surface area contributed by atoms with Crippen LogP contribution in [0.3, 0.4) is 0 Å². The Morgan fingerprint density at radius 3 is 2.50 bits per heavy atom. The molecule has 6 nitrogen and oxygen atoms in total. The van der Waals surface area contributed by atoms with Crippen molar-refractivity contribution in [2.45, 2.75) is 10.9 Å². The van der Waals surface area contributed by atoms with Gasteiger partial charge in [0.05, 0.1) is 5.56 Å². The standard InChI is InChI=1S/C10H8Cl2N4O2/c11-10(12,16-6-13-14-15-16)5-7-1-3-8(4-2-7)9(17)18/h1-4,6H,5H2,(H,17,18). The van der Waals surface area contributed by atoms with Crippen molar-refractivity contribution in [2.24, 2.45) is 0 Å². The van der Waals surface area contributed by atoms with Crippen LogP contribution < -0.4 is 0 Å². The molecule has 0 aliphatic heterocycles. The Hall–Kier alpha value is -1.66. The largest absolute Gasteiger partial charge is 0.478 e. The van der Waals surface area contributed by atoms with Gasteiger partial charge in [-0.2, -0.15) is 4.68 Å². The maximum atomic E-state index is 10.7. The summed E-state index contributed by atoms with van der Waals surface area (Å²) in [7, 11) is 0. The second-order valence-electron chi connectivity index (χ2n) is 3.60. The Kier molecular flexibility index (Phi) is 3.49. The van der Waals surface area contributed by atoms with E-state index in [0.717, 1.165) is 5.56 Å². The number of hydrogen-bond acceptors (Lipinski definition) is 4. The van der Waals surface area contributed by atoms with Crippen LogP contribution in [-0.2, 0) is 10.9 Å². The van der Waals surface area contributed by atoms with Gasteiger partial charge in [-0.3, -0.25) is 0 Å². The summed E-state index contributed by atoms with van der Waals surface area (Å²) in [6.07, 6.45) is 1.56. The zero-order valence-corrected chi connectivity index (χ0v) is 10.5. The summed E-state index contributed by atoms with van der Waals surface area (Å²) in [5.41, 5.74) is 0.983. The van der Waals surface area contributed by atoms with Crippen LogP contribution in [-0.4, -0.2) is 31.3 Å². The Labute approximate surface area is 112 Å². The minimum Gasteiger partial charge on any atom is -0.478 e. The van der Waals surface area contributed by atoms with Gasteiger partial charge in [0.15, 0.2) is 0 Å². The molecule has 0 spiro atoms. The molecule has 2 rings (SSSR count). The second-order valence-corrected chi connectivity index (χ2v) is 5.04. The SMILES string of the molecule is O=C(O)c1ccc(CC(Cl)(Cl)n2cnnn2)cc1. The van der Waals surface area contributed by atoms with Crippen LogP contribution in [0, 0.1) is 0 Å². The first-order chi connectivity index (χ1) is 8.49. The molecule has 0 radical (unpaired) electrons. The number of rotatable bonds is 4. The molecule has 8 heteroatoms. The molecule has 2 aromatic rings. The molecule has 0 aliphatic carbocycles. The molecule has 1 aromatic heterocycles. The molecule has 0 saturated heterocycles. The molecule has 1 heterocycles. The lowest BCUT2D eigenvalue weighted by Crippen LogP contribution is -2.24. The second kappa shape index (κ2) is 4.91. The van der Waals surface area contributed by atoms with E-state index < -0.39 is 10.4 Å². The summed E-state index contributed by atoms with van der Waals surface area (Å²) in [4.78, 5) is 10.7. The molecule has 0 aliphatic rings. The van der Waals surface area contributed by atoms with E-state index in [9.17, 15) is 4.79 Å². The lowest BCUT2D eigenvalue weighted by atomic mass is 10.1. The van der Waals surface area contributed by atoms with Crippen molar-refractivity contribution in [3.8, 4) is 0 Å². The molecule has 0 bridgehead atoms. The van der Waals surface area contributed by atoms with Gasteiger partial charge in [-0.1, -0.05) is 35.3 Å². The van der Waals surface area contributed by atoms with Crippen LogP contribution in [0.1, 0.15) is 15.9 Å². The lowest BCUT2D eigenvalue weighted by molar-refractivity contribution is 0.0697. The zero-order valence-electron chi connectivity index (χ0n) is 8.99. The van der Waals surface area contributed by atoms with E-state index in [0.29, 0.717) is 0 Å². The fourth-order valence-corrected chi connectivity index (χ4v) is 1.87. The molecule has 1 N–H and O–H groups in total. The minimum absolute atomic E-state index is 0.205. The number of carboxylic acid groups (broad SMARTS) is 1. The Bertz CT molecular complexity index is 540. The number of alkyl halides is 2. The highest BCUT2D eigenvalue weighted by Crippen LogP contribution is 2.30. The fourth-order valence-electron chi connectivity index (χ4n) is 1.40. The summed E-state index contributed by atoms with van der Waals surface area (Å²) >= 11 is 12.2. The van der Waals surface area contributed by atoms with Crippen molar-refractivity contribution in [1.82, 2.24) is 20.2 Å². The molecule has 0 unspecified atom stereocenters. The van der Waals surface area contributed by atoms with Gasteiger partial charge < -0.3 is 5.11 Å². The van der Waals surface area contributed by atoms with Gasteiger partial charge in [0.25, 0.3) is 0 Å². The van der Waals surface area contributed by atoms with E-state index in [1.165, 1.54) is 23.1 Å². The average molecular weight is 287 g/mol. The highest BCUT2D eigenvalue weighted by Gasteiger charge is 2.28. The van der Waals surface area contributed by atoms with E-state index in [2.05, 4.69) is 15.5 Å². The lowest BCUT2D eigenvalue weighted by Gasteiger charge is -2.18. The highest BCUT2D eigenvalue weighted by molar-refractivity contribution is 6.45. The van der Waals surface area contributed by atoms with E-state index in [4.69, 9.17) is 28.3 Å². The van der Waals surface area contributed by atoms with Gasteiger partial charge in [0.2, 0.25) is 4.46 Å². The summed E-state index contributed by atoms with van der Waals surface area (Å²) in [5, 5.41) is 19.3. The molecule has 0 atom stereocenters. The summed E-state index contributed by atoms with van der Waals surface area (Å²) < 4.78 is -0.0878. The monoisotopic (exact) mass is 286 g/mol. The number of halogens is 2. The highest BCUT2D eigenvalue weighted by atomic mass is 35.5. The third-order valence-electron chi connectivity index (χ3n) is 2.30. The summed E-state index contributed by atoms with van der Waals surface area (Å²) in [6.45, 7) is 0. The van der Waals surface area contributed by atoms with E-state index in [1.807, 2.05) is 0 Å². The van der Waals surface area contributed by atoms with Crippen LogP contribution in [0.2, 0.25) is 0 Å². The van der Waals surface area contributed by atoms with E-state index in [-0.39, 0.29) is 12.0 Å². The van der Waals surface area contributed by atoms with Crippen molar-refractivity contribution in [3.63, 3.8) is 0 Å². The number of aromatic carboxylic acids is 1. The molecule has 18 heavy (non-hydrogen) atoms. The maximum absolute atomic E-state index is 10.7. The Morgan fingerprint density at radius 2 is 2.00 bits per heavy atom. The maximum Gasteiger partial charge on any atom is 0.335 e. The Morgan fingerprint density at radius 1 is 1.33 bits per heavy atom.